The fourth-order valence-electron chi connectivity index (χ4n) is 2.45. The molecule has 9 heteroatoms. The van der Waals surface area contributed by atoms with Crippen molar-refractivity contribution in [3.63, 3.8) is 0 Å². The summed E-state index contributed by atoms with van der Waals surface area (Å²) in [6, 6.07) is 10.5. The van der Waals surface area contributed by atoms with Gasteiger partial charge in [-0.2, -0.15) is 13.2 Å². The Morgan fingerprint density at radius 3 is 2.41 bits per heavy atom. The van der Waals surface area contributed by atoms with Gasteiger partial charge in [0, 0.05) is 11.3 Å². The molecule has 0 aromatic heterocycles. The number of carbonyl (C=O) groups is 3. The van der Waals surface area contributed by atoms with Crippen molar-refractivity contribution in [1.29, 1.82) is 0 Å². The average Bonchev–Trinajstić information content (AvgIpc) is 2.94. The number of nitrogens with zero attached hydrogens (tertiary/aromatic N) is 1. The number of hydrogen-bond donors (Lipinski definition) is 1. The summed E-state index contributed by atoms with van der Waals surface area (Å²) in [4.78, 5) is 36.5. The van der Waals surface area contributed by atoms with Gasteiger partial charge in [0.25, 0.3) is 11.1 Å². The highest BCUT2D eigenvalue weighted by Crippen LogP contribution is 2.30. The van der Waals surface area contributed by atoms with Gasteiger partial charge in [0.15, 0.2) is 0 Å². The van der Waals surface area contributed by atoms with E-state index in [0.29, 0.717) is 5.56 Å². The van der Waals surface area contributed by atoms with Crippen LogP contribution in [0.1, 0.15) is 21.5 Å². The molecule has 0 atom stereocenters. The quantitative estimate of drug-likeness (QED) is 0.846. The van der Waals surface area contributed by atoms with Crippen molar-refractivity contribution < 1.29 is 27.6 Å². The lowest BCUT2D eigenvalue weighted by molar-refractivity contribution is -0.137. The summed E-state index contributed by atoms with van der Waals surface area (Å²) in [5.41, 5.74) is 0.0806. The summed E-state index contributed by atoms with van der Waals surface area (Å²) in [5, 5.41) is 2.10. The maximum absolute atomic E-state index is 12.7. The van der Waals surface area contributed by atoms with Gasteiger partial charge in [0.05, 0.1) is 17.9 Å². The number of imide groups is 1. The molecule has 1 aliphatic rings. The Morgan fingerprint density at radius 2 is 1.81 bits per heavy atom. The number of benzene rings is 2. The fourth-order valence-corrected chi connectivity index (χ4v) is 3.18. The van der Waals surface area contributed by atoms with E-state index in [1.165, 1.54) is 24.3 Å². The normalized spacial score (nSPS) is 14.6. The number of anilines is 1. The summed E-state index contributed by atoms with van der Waals surface area (Å²) in [5.74, 6) is -0.711. The summed E-state index contributed by atoms with van der Waals surface area (Å²) in [6.07, 6.45) is -4.49. The molecule has 0 radical (unpaired) electrons. The van der Waals surface area contributed by atoms with E-state index in [1.54, 1.807) is 12.1 Å². The molecule has 1 heterocycles. The van der Waals surface area contributed by atoms with E-state index in [4.69, 9.17) is 0 Å². The molecule has 2 aromatic carbocycles. The molecule has 1 N–H and O–H groups in total. The number of hydrogen-bond acceptors (Lipinski definition) is 4. The van der Waals surface area contributed by atoms with Gasteiger partial charge in [-0.1, -0.05) is 30.0 Å². The zero-order valence-corrected chi connectivity index (χ0v) is 14.6. The molecule has 0 saturated carbocycles. The van der Waals surface area contributed by atoms with E-state index < -0.39 is 17.6 Å². The molecule has 27 heavy (non-hydrogen) atoms. The molecule has 2 aromatic rings. The molecule has 0 spiro atoms. The lowest BCUT2D eigenvalue weighted by Gasteiger charge is -2.13. The Balaban J connectivity index is 1.67. The van der Waals surface area contributed by atoms with Crippen LogP contribution in [0.4, 0.5) is 23.7 Å². The third-order valence-electron chi connectivity index (χ3n) is 3.85. The van der Waals surface area contributed by atoms with Crippen LogP contribution in [0, 0.1) is 0 Å². The highest BCUT2D eigenvalue weighted by molar-refractivity contribution is 8.14. The lowest BCUT2D eigenvalue weighted by Crippen LogP contribution is -2.27. The van der Waals surface area contributed by atoms with Crippen molar-refractivity contribution in [1.82, 2.24) is 4.90 Å². The van der Waals surface area contributed by atoms with Crippen molar-refractivity contribution in [3.8, 4) is 0 Å². The van der Waals surface area contributed by atoms with Crippen molar-refractivity contribution in [2.24, 2.45) is 0 Å². The summed E-state index contributed by atoms with van der Waals surface area (Å²) >= 11 is 0.938. The van der Waals surface area contributed by atoms with Gasteiger partial charge in [0.2, 0.25) is 5.91 Å². The minimum Gasteiger partial charge on any atom is -0.322 e. The van der Waals surface area contributed by atoms with Crippen molar-refractivity contribution in [2.75, 3.05) is 11.1 Å². The molecule has 3 rings (SSSR count). The van der Waals surface area contributed by atoms with Gasteiger partial charge in [0.1, 0.15) is 0 Å². The Kier molecular flexibility index (Phi) is 5.22. The predicted molar refractivity (Wildman–Crippen MR) is 94.2 cm³/mol. The summed E-state index contributed by atoms with van der Waals surface area (Å²) in [6.45, 7) is 0.111. The van der Waals surface area contributed by atoms with Crippen LogP contribution in [0.2, 0.25) is 0 Å². The standard InChI is InChI=1S/C18H13F3N2O3S/c19-18(20,21)13-2-1-3-14(8-13)22-16(25)12-6-4-11(5-7-12)9-23-15(24)10-27-17(23)26/h1-8H,9-10H2,(H,22,25). The van der Waals surface area contributed by atoms with E-state index in [0.717, 1.165) is 28.8 Å². The molecule has 0 aliphatic carbocycles. The van der Waals surface area contributed by atoms with Crippen molar-refractivity contribution in [2.45, 2.75) is 12.7 Å². The van der Waals surface area contributed by atoms with E-state index in [1.807, 2.05) is 0 Å². The summed E-state index contributed by atoms with van der Waals surface area (Å²) in [7, 11) is 0. The first kappa shape index (κ1) is 19.0. The number of halogens is 3. The topological polar surface area (TPSA) is 66.5 Å². The SMILES string of the molecule is O=C(Nc1cccc(C(F)(F)F)c1)c1ccc(CN2C(=O)CSC2=O)cc1. The Labute approximate surface area is 156 Å². The van der Waals surface area contributed by atoms with E-state index >= 15 is 0 Å². The second kappa shape index (κ2) is 7.43. The maximum atomic E-state index is 12.7. The van der Waals surface area contributed by atoms with Crippen LogP contribution in [-0.4, -0.2) is 27.7 Å². The van der Waals surface area contributed by atoms with Crippen LogP contribution >= 0.6 is 11.8 Å². The zero-order valence-electron chi connectivity index (χ0n) is 13.7. The molecule has 1 aliphatic heterocycles. The number of thioether (sulfide) groups is 1. The van der Waals surface area contributed by atoms with Gasteiger partial charge in [-0.15, -0.1) is 0 Å². The molecule has 1 saturated heterocycles. The van der Waals surface area contributed by atoms with E-state index in [-0.39, 0.29) is 34.7 Å². The largest absolute Gasteiger partial charge is 0.416 e. The predicted octanol–water partition coefficient (Wildman–Crippen LogP) is 4.15. The van der Waals surface area contributed by atoms with Gasteiger partial charge in [-0.25, -0.2) is 0 Å². The summed E-state index contributed by atoms with van der Waals surface area (Å²) < 4.78 is 38.2. The molecule has 140 valence electrons. The second-order valence-corrected chi connectivity index (χ2v) is 6.69. The first-order valence-corrected chi connectivity index (χ1v) is 8.77. The first-order chi connectivity index (χ1) is 12.7. The van der Waals surface area contributed by atoms with Gasteiger partial charge in [-0.05, 0) is 35.9 Å². The number of amides is 3. The average molecular weight is 394 g/mol. The van der Waals surface area contributed by atoms with Crippen molar-refractivity contribution >= 4 is 34.5 Å². The van der Waals surface area contributed by atoms with Crippen molar-refractivity contribution in [3.05, 3.63) is 65.2 Å². The fraction of sp³-hybridized carbons (Fsp3) is 0.167. The van der Waals surface area contributed by atoms with Crippen LogP contribution < -0.4 is 5.32 Å². The molecular formula is C18H13F3N2O3S. The first-order valence-electron chi connectivity index (χ1n) is 7.79. The van der Waals surface area contributed by atoms with Crippen LogP contribution in [0.15, 0.2) is 48.5 Å². The Morgan fingerprint density at radius 1 is 1.11 bits per heavy atom. The lowest BCUT2D eigenvalue weighted by atomic mass is 10.1. The molecule has 0 unspecified atom stereocenters. The van der Waals surface area contributed by atoms with E-state index in [9.17, 15) is 27.6 Å². The molecule has 1 fully saturated rings. The molecule has 5 nitrogen and oxygen atoms in total. The van der Waals surface area contributed by atoms with Crippen LogP contribution in [0.3, 0.4) is 0 Å². The van der Waals surface area contributed by atoms with Crippen LogP contribution in [-0.2, 0) is 17.5 Å². The minimum absolute atomic E-state index is 0.0317. The number of carbonyl (C=O) groups excluding carboxylic acids is 3. The number of rotatable bonds is 4. The molecule has 0 bridgehead atoms. The molecular weight excluding hydrogens is 381 g/mol. The van der Waals surface area contributed by atoms with Gasteiger partial charge < -0.3 is 5.32 Å². The molecule has 3 amide bonds. The van der Waals surface area contributed by atoms with Gasteiger partial charge >= 0.3 is 6.18 Å². The third kappa shape index (κ3) is 4.48. The highest BCUT2D eigenvalue weighted by atomic mass is 32.2. The van der Waals surface area contributed by atoms with Crippen LogP contribution in [0.5, 0.6) is 0 Å². The van der Waals surface area contributed by atoms with Gasteiger partial charge in [-0.3, -0.25) is 19.3 Å². The Bertz CT molecular complexity index is 881. The zero-order chi connectivity index (χ0) is 19.6. The number of nitrogens with one attached hydrogen (secondary N) is 1. The monoisotopic (exact) mass is 394 g/mol. The Hall–Kier alpha value is -2.81. The minimum atomic E-state index is -4.49. The maximum Gasteiger partial charge on any atom is 0.416 e. The number of alkyl halides is 3. The third-order valence-corrected chi connectivity index (χ3v) is 4.70. The van der Waals surface area contributed by atoms with E-state index in [2.05, 4.69) is 5.32 Å². The highest BCUT2D eigenvalue weighted by Gasteiger charge is 2.31. The van der Waals surface area contributed by atoms with Crippen LogP contribution in [0.25, 0.3) is 0 Å². The smallest absolute Gasteiger partial charge is 0.322 e. The second-order valence-electron chi connectivity index (χ2n) is 5.76.